The Labute approximate surface area is 117 Å². The second kappa shape index (κ2) is 5.23. The molecule has 5 heteroatoms. The van der Waals surface area contributed by atoms with Gasteiger partial charge >= 0.3 is 5.97 Å². The second-order valence-electron chi connectivity index (χ2n) is 5.95. The number of aromatic nitrogens is 1. The van der Waals surface area contributed by atoms with Gasteiger partial charge in [-0.1, -0.05) is 6.42 Å². The van der Waals surface area contributed by atoms with Crippen molar-refractivity contribution in [1.82, 2.24) is 4.98 Å². The minimum atomic E-state index is -1.04. The molecule has 0 spiro atoms. The number of nitrogens with one attached hydrogen (secondary N) is 1. The van der Waals surface area contributed by atoms with E-state index in [1.165, 1.54) is 44.1 Å². The first kappa shape index (κ1) is 13.1. The lowest BCUT2D eigenvalue weighted by atomic mass is 9.86. The first-order chi connectivity index (χ1) is 9.61. The van der Waals surface area contributed by atoms with Crippen LogP contribution < -0.4 is 5.32 Å². The van der Waals surface area contributed by atoms with Gasteiger partial charge in [0.2, 0.25) is 5.91 Å². The molecule has 2 fully saturated rings. The molecule has 0 saturated heterocycles. The number of nitrogens with zero attached hydrogens (tertiary/aromatic N) is 1. The molecule has 3 rings (SSSR count). The molecule has 2 saturated carbocycles. The summed E-state index contributed by atoms with van der Waals surface area (Å²) in [4.78, 5) is 26.7. The number of carbonyl (C=O) groups excluding carboxylic acids is 1. The fourth-order valence-electron chi connectivity index (χ4n) is 3.70. The first-order valence-corrected chi connectivity index (χ1v) is 7.10. The van der Waals surface area contributed by atoms with Crippen LogP contribution in [-0.2, 0) is 4.79 Å². The van der Waals surface area contributed by atoms with Crippen LogP contribution in [0.15, 0.2) is 18.5 Å². The maximum absolute atomic E-state index is 12.0. The highest BCUT2D eigenvalue weighted by Crippen LogP contribution is 2.49. The Kier molecular flexibility index (Phi) is 3.42. The van der Waals surface area contributed by atoms with Crippen LogP contribution in [0.5, 0.6) is 0 Å². The fraction of sp³-hybridized carbons (Fsp3) is 0.533. The van der Waals surface area contributed by atoms with Crippen molar-refractivity contribution in [2.75, 3.05) is 5.32 Å². The Hall–Kier alpha value is -1.91. The van der Waals surface area contributed by atoms with E-state index >= 15 is 0 Å². The largest absolute Gasteiger partial charge is 0.478 e. The van der Waals surface area contributed by atoms with E-state index in [1.807, 2.05) is 0 Å². The molecule has 0 aromatic carbocycles. The SMILES string of the molecule is O=C(CC1CC2CCC1C2)Nc1cncc(C(=O)O)c1. The van der Waals surface area contributed by atoms with E-state index in [0.29, 0.717) is 23.9 Å². The lowest BCUT2D eigenvalue weighted by Gasteiger charge is -2.20. The summed E-state index contributed by atoms with van der Waals surface area (Å²) in [7, 11) is 0. The molecule has 106 valence electrons. The van der Waals surface area contributed by atoms with Crippen LogP contribution in [0.25, 0.3) is 0 Å². The Morgan fingerprint density at radius 2 is 2.15 bits per heavy atom. The summed E-state index contributed by atoms with van der Waals surface area (Å²) in [5, 5.41) is 11.7. The summed E-state index contributed by atoms with van der Waals surface area (Å²) >= 11 is 0. The summed E-state index contributed by atoms with van der Waals surface area (Å²) in [5.41, 5.74) is 0.542. The lowest BCUT2D eigenvalue weighted by molar-refractivity contribution is -0.117. The minimum absolute atomic E-state index is 0.0353. The van der Waals surface area contributed by atoms with Gasteiger partial charge in [-0.3, -0.25) is 9.78 Å². The molecular formula is C15H18N2O3. The summed E-state index contributed by atoms with van der Waals surface area (Å²) in [6, 6.07) is 1.44. The van der Waals surface area contributed by atoms with Crippen LogP contribution in [0.1, 0.15) is 42.5 Å². The smallest absolute Gasteiger partial charge is 0.337 e. The van der Waals surface area contributed by atoms with Crippen molar-refractivity contribution in [3.05, 3.63) is 24.0 Å². The van der Waals surface area contributed by atoms with E-state index in [0.717, 1.165) is 5.92 Å². The highest BCUT2D eigenvalue weighted by atomic mass is 16.4. The van der Waals surface area contributed by atoms with Crippen molar-refractivity contribution in [3.63, 3.8) is 0 Å². The Balaban J connectivity index is 1.59. The van der Waals surface area contributed by atoms with Crippen LogP contribution in [0.3, 0.4) is 0 Å². The third kappa shape index (κ3) is 2.66. The number of aromatic carboxylic acids is 1. The number of amides is 1. The standard InChI is InChI=1S/C15H18N2O3/c18-14(6-11-4-9-1-2-10(11)3-9)17-13-5-12(15(19)20)7-16-8-13/h5,7-11H,1-4,6H2,(H,17,18)(H,19,20). The van der Waals surface area contributed by atoms with E-state index < -0.39 is 5.97 Å². The second-order valence-corrected chi connectivity index (χ2v) is 5.95. The van der Waals surface area contributed by atoms with Gasteiger partial charge in [0.15, 0.2) is 0 Å². The van der Waals surface area contributed by atoms with E-state index in [4.69, 9.17) is 5.11 Å². The van der Waals surface area contributed by atoms with E-state index in [9.17, 15) is 9.59 Å². The highest BCUT2D eigenvalue weighted by molar-refractivity contribution is 5.93. The van der Waals surface area contributed by atoms with Gasteiger partial charge in [0, 0.05) is 12.6 Å². The van der Waals surface area contributed by atoms with Gasteiger partial charge in [0.25, 0.3) is 0 Å². The van der Waals surface area contributed by atoms with Crippen LogP contribution in [0, 0.1) is 17.8 Å². The van der Waals surface area contributed by atoms with Crippen molar-refractivity contribution < 1.29 is 14.7 Å². The van der Waals surface area contributed by atoms with Crippen molar-refractivity contribution in [2.45, 2.75) is 32.1 Å². The average molecular weight is 274 g/mol. The lowest BCUT2D eigenvalue weighted by Crippen LogP contribution is -2.20. The van der Waals surface area contributed by atoms with E-state index in [1.54, 1.807) is 0 Å². The molecule has 3 unspecified atom stereocenters. The average Bonchev–Trinajstić information content (AvgIpc) is 3.01. The number of carboxylic acids is 1. The molecule has 0 aliphatic heterocycles. The van der Waals surface area contributed by atoms with Crippen LogP contribution >= 0.6 is 0 Å². The maximum Gasteiger partial charge on any atom is 0.337 e. The molecule has 2 aliphatic carbocycles. The van der Waals surface area contributed by atoms with Crippen LogP contribution in [0.2, 0.25) is 0 Å². The summed E-state index contributed by atoms with van der Waals surface area (Å²) < 4.78 is 0. The van der Waals surface area contributed by atoms with E-state index in [-0.39, 0.29) is 11.5 Å². The maximum atomic E-state index is 12.0. The predicted molar refractivity (Wildman–Crippen MR) is 73.4 cm³/mol. The minimum Gasteiger partial charge on any atom is -0.478 e. The molecule has 2 N–H and O–H groups in total. The zero-order chi connectivity index (χ0) is 14.1. The molecule has 1 amide bonds. The molecule has 1 aromatic heterocycles. The van der Waals surface area contributed by atoms with Crippen molar-refractivity contribution in [2.24, 2.45) is 17.8 Å². The van der Waals surface area contributed by atoms with Gasteiger partial charge in [0.05, 0.1) is 17.4 Å². The Morgan fingerprint density at radius 3 is 2.80 bits per heavy atom. The van der Waals surface area contributed by atoms with Gasteiger partial charge in [0.1, 0.15) is 0 Å². The molecule has 1 heterocycles. The van der Waals surface area contributed by atoms with Gasteiger partial charge in [-0.25, -0.2) is 4.79 Å². The Bertz CT molecular complexity index is 544. The molecule has 0 radical (unpaired) electrons. The number of rotatable bonds is 4. The molecule has 5 nitrogen and oxygen atoms in total. The summed E-state index contributed by atoms with van der Waals surface area (Å²) in [5.74, 6) is 0.974. The summed E-state index contributed by atoms with van der Waals surface area (Å²) in [6.07, 6.45) is 8.34. The van der Waals surface area contributed by atoms with Crippen molar-refractivity contribution in [3.8, 4) is 0 Å². The number of carbonyl (C=O) groups is 2. The molecule has 3 atom stereocenters. The monoisotopic (exact) mass is 274 g/mol. The van der Waals surface area contributed by atoms with Crippen LogP contribution in [0.4, 0.5) is 5.69 Å². The third-order valence-corrected chi connectivity index (χ3v) is 4.60. The van der Waals surface area contributed by atoms with Gasteiger partial charge in [-0.2, -0.15) is 0 Å². The number of hydrogen-bond donors (Lipinski definition) is 2. The first-order valence-electron chi connectivity index (χ1n) is 7.10. The predicted octanol–water partition coefficient (Wildman–Crippen LogP) is 2.54. The number of hydrogen-bond acceptors (Lipinski definition) is 3. The number of pyridine rings is 1. The topological polar surface area (TPSA) is 79.3 Å². The van der Waals surface area contributed by atoms with Gasteiger partial charge in [-0.15, -0.1) is 0 Å². The zero-order valence-corrected chi connectivity index (χ0v) is 11.2. The van der Waals surface area contributed by atoms with Crippen molar-refractivity contribution >= 4 is 17.6 Å². The van der Waals surface area contributed by atoms with E-state index in [2.05, 4.69) is 10.3 Å². The molecule has 20 heavy (non-hydrogen) atoms. The van der Waals surface area contributed by atoms with Gasteiger partial charge < -0.3 is 10.4 Å². The Morgan fingerprint density at radius 1 is 1.30 bits per heavy atom. The van der Waals surface area contributed by atoms with Gasteiger partial charge in [-0.05, 0) is 43.1 Å². The normalized spacial score (nSPS) is 27.5. The molecule has 1 aromatic rings. The van der Waals surface area contributed by atoms with Crippen LogP contribution in [-0.4, -0.2) is 22.0 Å². The molecule has 2 bridgehead atoms. The number of anilines is 1. The molecular weight excluding hydrogens is 256 g/mol. The van der Waals surface area contributed by atoms with Crippen molar-refractivity contribution in [1.29, 1.82) is 0 Å². The summed E-state index contributed by atoms with van der Waals surface area (Å²) in [6.45, 7) is 0. The third-order valence-electron chi connectivity index (χ3n) is 4.60. The zero-order valence-electron chi connectivity index (χ0n) is 11.2. The number of carboxylic acid groups (broad SMARTS) is 1. The fourth-order valence-corrected chi connectivity index (χ4v) is 3.70. The molecule has 2 aliphatic rings. The number of fused-ring (bicyclic) bond motifs is 2. The highest BCUT2D eigenvalue weighted by Gasteiger charge is 2.40. The quantitative estimate of drug-likeness (QED) is 0.884.